The minimum absolute atomic E-state index is 0.0605. The number of nitrogens with zero attached hydrogens (tertiary/aromatic N) is 1. The maximum atomic E-state index is 13.5. The average Bonchev–Trinajstić information content (AvgIpc) is 3.03. The Morgan fingerprint density at radius 3 is 2.65 bits per heavy atom. The third-order valence-corrected chi connectivity index (χ3v) is 3.47. The molecule has 1 N–H and O–H groups in total. The number of carbonyl (C=O) groups is 1. The minimum atomic E-state index is -0.800. The Morgan fingerprint density at radius 1 is 1.30 bits per heavy atom. The van der Waals surface area contributed by atoms with Crippen LogP contribution in [-0.4, -0.2) is 37.6 Å². The van der Waals surface area contributed by atoms with Crippen LogP contribution in [0.2, 0.25) is 0 Å². The molecule has 1 aromatic heterocycles. The largest absolute Gasteiger partial charge is 0.478 e. The summed E-state index contributed by atoms with van der Waals surface area (Å²) in [5, 5.41) is 2.80. The number of hydrogen-bond acceptors (Lipinski definition) is 4. The van der Waals surface area contributed by atoms with Crippen molar-refractivity contribution >= 4 is 5.91 Å². The highest BCUT2D eigenvalue weighted by Gasteiger charge is 2.21. The number of halogens is 1. The Hall–Kier alpha value is -2.34. The summed E-state index contributed by atoms with van der Waals surface area (Å²) in [5.74, 6) is 0.0175. The van der Waals surface area contributed by atoms with E-state index in [9.17, 15) is 9.18 Å². The Morgan fingerprint density at radius 2 is 2.04 bits per heavy atom. The monoisotopic (exact) mass is 320 g/mol. The third kappa shape index (κ3) is 4.56. The van der Waals surface area contributed by atoms with E-state index in [-0.39, 0.29) is 17.7 Å². The normalized spacial score (nSPS) is 13.6. The molecular formula is C17H21FN2O3. The first-order chi connectivity index (χ1) is 11.0. The van der Waals surface area contributed by atoms with Gasteiger partial charge in [-0.05, 0) is 45.3 Å². The van der Waals surface area contributed by atoms with Gasteiger partial charge in [0.05, 0.1) is 12.3 Å². The lowest BCUT2D eigenvalue weighted by molar-refractivity contribution is -0.127. The van der Waals surface area contributed by atoms with E-state index in [0.29, 0.717) is 6.54 Å². The van der Waals surface area contributed by atoms with E-state index in [1.54, 1.807) is 31.4 Å². The molecule has 2 rings (SSSR count). The Labute approximate surface area is 135 Å². The maximum absolute atomic E-state index is 13.5. The van der Waals surface area contributed by atoms with Gasteiger partial charge < -0.3 is 14.5 Å². The molecule has 124 valence electrons. The zero-order valence-corrected chi connectivity index (χ0v) is 13.5. The van der Waals surface area contributed by atoms with Gasteiger partial charge in [-0.1, -0.05) is 12.1 Å². The summed E-state index contributed by atoms with van der Waals surface area (Å²) in [4.78, 5) is 14.1. The summed E-state index contributed by atoms with van der Waals surface area (Å²) in [6.45, 7) is 1.95. The lowest BCUT2D eigenvalue weighted by Crippen LogP contribution is -2.41. The van der Waals surface area contributed by atoms with Gasteiger partial charge in [-0.2, -0.15) is 0 Å². The Balaban J connectivity index is 1.92. The SMILES string of the molecule is C[C@H](Oc1ccccc1F)C(=O)NC[C@H](c1ccco1)N(C)C. The average molecular weight is 320 g/mol. The third-order valence-electron chi connectivity index (χ3n) is 3.47. The molecule has 2 aromatic rings. The predicted octanol–water partition coefficient (Wildman–Crippen LogP) is 2.61. The molecule has 0 aliphatic rings. The molecule has 0 fully saturated rings. The molecule has 1 amide bonds. The predicted molar refractivity (Wildman–Crippen MR) is 84.6 cm³/mol. The van der Waals surface area contributed by atoms with Crippen LogP contribution in [0.15, 0.2) is 47.1 Å². The number of amides is 1. The van der Waals surface area contributed by atoms with E-state index < -0.39 is 11.9 Å². The number of rotatable bonds is 7. The highest BCUT2D eigenvalue weighted by Crippen LogP contribution is 2.19. The summed E-state index contributed by atoms with van der Waals surface area (Å²) < 4.78 is 24.3. The molecular weight excluding hydrogens is 299 g/mol. The molecule has 6 heteroatoms. The van der Waals surface area contributed by atoms with Crippen molar-refractivity contribution < 1.29 is 18.3 Å². The topological polar surface area (TPSA) is 54.7 Å². The van der Waals surface area contributed by atoms with Crippen LogP contribution in [0.5, 0.6) is 5.75 Å². The second kappa shape index (κ2) is 7.78. The fraction of sp³-hybridized carbons (Fsp3) is 0.353. The number of ether oxygens (including phenoxy) is 1. The van der Waals surface area contributed by atoms with Gasteiger partial charge in [-0.15, -0.1) is 0 Å². The highest BCUT2D eigenvalue weighted by atomic mass is 19.1. The number of nitrogens with one attached hydrogen (secondary N) is 1. The van der Waals surface area contributed by atoms with Gasteiger partial charge in [-0.3, -0.25) is 9.69 Å². The van der Waals surface area contributed by atoms with Crippen LogP contribution in [0.3, 0.4) is 0 Å². The van der Waals surface area contributed by atoms with Gasteiger partial charge in [0.2, 0.25) is 0 Å². The van der Waals surface area contributed by atoms with Crippen molar-refractivity contribution in [3.63, 3.8) is 0 Å². The van der Waals surface area contributed by atoms with Gasteiger partial charge in [0.15, 0.2) is 17.7 Å². The van der Waals surface area contributed by atoms with Crippen molar-refractivity contribution in [1.82, 2.24) is 10.2 Å². The summed E-state index contributed by atoms with van der Waals surface area (Å²) >= 11 is 0. The highest BCUT2D eigenvalue weighted by molar-refractivity contribution is 5.80. The molecule has 1 heterocycles. The van der Waals surface area contributed by atoms with E-state index in [1.807, 2.05) is 25.1 Å². The van der Waals surface area contributed by atoms with Crippen LogP contribution in [0.25, 0.3) is 0 Å². The second-order valence-electron chi connectivity index (χ2n) is 5.43. The quantitative estimate of drug-likeness (QED) is 0.852. The van der Waals surface area contributed by atoms with Crippen molar-refractivity contribution in [2.45, 2.75) is 19.1 Å². The van der Waals surface area contributed by atoms with E-state index in [1.165, 1.54) is 12.1 Å². The molecule has 0 spiro atoms. The van der Waals surface area contributed by atoms with Gasteiger partial charge in [-0.25, -0.2) is 4.39 Å². The first-order valence-electron chi connectivity index (χ1n) is 7.37. The number of benzene rings is 1. The van der Waals surface area contributed by atoms with Crippen LogP contribution in [-0.2, 0) is 4.79 Å². The van der Waals surface area contributed by atoms with E-state index in [2.05, 4.69) is 5.32 Å². The van der Waals surface area contributed by atoms with Crippen molar-refractivity contribution in [2.75, 3.05) is 20.6 Å². The number of para-hydroxylation sites is 1. The zero-order valence-electron chi connectivity index (χ0n) is 13.5. The second-order valence-corrected chi connectivity index (χ2v) is 5.43. The van der Waals surface area contributed by atoms with Crippen molar-refractivity contribution in [3.8, 4) is 5.75 Å². The molecule has 0 aliphatic heterocycles. The van der Waals surface area contributed by atoms with Crippen LogP contribution in [0.1, 0.15) is 18.7 Å². The summed E-state index contributed by atoms with van der Waals surface area (Å²) in [6.07, 6.45) is 0.795. The van der Waals surface area contributed by atoms with Crippen molar-refractivity contribution in [2.24, 2.45) is 0 Å². The molecule has 0 bridgehead atoms. The standard InChI is InChI=1S/C17H21FN2O3/c1-12(23-15-8-5-4-7-13(15)18)17(21)19-11-14(20(2)3)16-9-6-10-22-16/h4-10,12,14H,11H2,1-3H3,(H,19,21)/t12-,14+/m0/s1. The molecule has 5 nitrogen and oxygen atoms in total. The van der Waals surface area contributed by atoms with E-state index >= 15 is 0 Å². The maximum Gasteiger partial charge on any atom is 0.260 e. The Bertz CT molecular complexity index is 629. The molecule has 23 heavy (non-hydrogen) atoms. The van der Waals surface area contributed by atoms with Crippen molar-refractivity contribution in [1.29, 1.82) is 0 Å². The molecule has 0 radical (unpaired) electrons. The van der Waals surface area contributed by atoms with Crippen molar-refractivity contribution in [3.05, 3.63) is 54.2 Å². The van der Waals surface area contributed by atoms with Gasteiger partial charge in [0, 0.05) is 6.54 Å². The fourth-order valence-corrected chi connectivity index (χ4v) is 2.14. The summed E-state index contributed by atoms with van der Waals surface area (Å²) in [7, 11) is 3.80. The fourth-order valence-electron chi connectivity index (χ4n) is 2.14. The number of carbonyl (C=O) groups excluding carboxylic acids is 1. The van der Waals surface area contributed by atoms with Gasteiger partial charge >= 0.3 is 0 Å². The lowest BCUT2D eigenvalue weighted by atomic mass is 10.2. The van der Waals surface area contributed by atoms with Crippen LogP contribution >= 0.6 is 0 Å². The van der Waals surface area contributed by atoms with Crippen LogP contribution in [0, 0.1) is 5.82 Å². The van der Waals surface area contributed by atoms with Gasteiger partial charge in [0.1, 0.15) is 5.76 Å². The summed E-state index contributed by atoms with van der Waals surface area (Å²) in [6, 6.07) is 9.58. The number of likely N-dealkylation sites (N-methyl/N-ethyl adjacent to an activating group) is 1. The van der Waals surface area contributed by atoms with E-state index in [4.69, 9.17) is 9.15 Å². The van der Waals surface area contributed by atoms with Crippen LogP contribution in [0.4, 0.5) is 4.39 Å². The molecule has 0 unspecified atom stereocenters. The first kappa shape index (κ1) is 17.0. The molecule has 2 atom stereocenters. The zero-order chi connectivity index (χ0) is 16.8. The Kier molecular flexibility index (Phi) is 5.76. The minimum Gasteiger partial charge on any atom is -0.478 e. The first-order valence-corrected chi connectivity index (χ1v) is 7.37. The molecule has 0 saturated carbocycles. The smallest absolute Gasteiger partial charge is 0.260 e. The summed E-state index contributed by atoms with van der Waals surface area (Å²) in [5.41, 5.74) is 0. The molecule has 0 saturated heterocycles. The van der Waals surface area contributed by atoms with Crippen LogP contribution < -0.4 is 10.1 Å². The number of hydrogen-bond donors (Lipinski definition) is 1. The lowest BCUT2D eigenvalue weighted by Gasteiger charge is -2.23. The van der Waals surface area contributed by atoms with Gasteiger partial charge in [0.25, 0.3) is 5.91 Å². The molecule has 1 aromatic carbocycles. The number of furan rings is 1. The molecule has 0 aliphatic carbocycles. The van der Waals surface area contributed by atoms with E-state index in [0.717, 1.165) is 5.76 Å².